The Bertz CT molecular complexity index is 623. The molecule has 2 amide bonds. The molecule has 1 aromatic carbocycles. The van der Waals surface area contributed by atoms with Gasteiger partial charge in [-0.25, -0.2) is 0 Å². The van der Waals surface area contributed by atoms with Crippen LogP contribution in [0.25, 0.3) is 0 Å². The smallest absolute Gasteiger partial charge is 0.242 e. The van der Waals surface area contributed by atoms with Gasteiger partial charge < -0.3 is 19.3 Å². The second-order valence-electron chi connectivity index (χ2n) is 7.22. The summed E-state index contributed by atoms with van der Waals surface area (Å²) in [5.74, 6) is 2.28. The number of carbonyl (C=O) groups is 2. The second kappa shape index (κ2) is 8.43. The molecule has 1 aromatic rings. The molecule has 0 radical (unpaired) electrons. The molecule has 0 spiro atoms. The van der Waals surface area contributed by atoms with Gasteiger partial charge in [0.05, 0.1) is 20.3 Å². The molecule has 2 aliphatic rings. The Morgan fingerprint density at radius 2 is 1.77 bits per heavy atom. The highest BCUT2D eigenvalue weighted by atomic mass is 16.5. The first-order valence-electron chi connectivity index (χ1n) is 9.41. The van der Waals surface area contributed by atoms with Crippen LogP contribution in [0.1, 0.15) is 32.6 Å². The Labute approximate surface area is 155 Å². The highest BCUT2D eigenvalue weighted by Gasteiger charge is 2.31. The van der Waals surface area contributed by atoms with Crippen LogP contribution in [0.5, 0.6) is 11.5 Å². The number of ether oxygens (including phenoxy) is 2. The molecule has 0 unspecified atom stereocenters. The minimum atomic E-state index is 0.0709. The van der Waals surface area contributed by atoms with Crippen molar-refractivity contribution in [2.45, 2.75) is 38.6 Å². The maximum absolute atomic E-state index is 12.5. The molecule has 6 nitrogen and oxygen atoms in total. The monoisotopic (exact) mass is 360 g/mol. The van der Waals surface area contributed by atoms with Gasteiger partial charge in [0, 0.05) is 25.6 Å². The number of methoxy groups -OCH3 is 1. The SMILES string of the molecule is COc1ccc(OCC2CCN(C(=O)CN3C(=O)CC[C@@H]3C)CC2)cc1. The summed E-state index contributed by atoms with van der Waals surface area (Å²) in [6, 6.07) is 7.77. The van der Waals surface area contributed by atoms with E-state index in [1.54, 1.807) is 12.0 Å². The zero-order chi connectivity index (χ0) is 18.5. The molecule has 0 aromatic heterocycles. The third kappa shape index (κ3) is 4.48. The second-order valence-corrected chi connectivity index (χ2v) is 7.22. The van der Waals surface area contributed by atoms with Crippen molar-refractivity contribution < 1.29 is 19.1 Å². The number of benzene rings is 1. The van der Waals surface area contributed by atoms with Gasteiger partial charge >= 0.3 is 0 Å². The zero-order valence-electron chi connectivity index (χ0n) is 15.6. The van der Waals surface area contributed by atoms with E-state index in [2.05, 4.69) is 0 Å². The lowest BCUT2D eigenvalue weighted by molar-refractivity contribution is -0.140. The van der Waals surface area contributed by atoms with Crippen LogP contribution in [-0.4, -0.2) is 61.0 Å². The molecule has 0 N–H and O–H groups in total. The van der Waals surface area contributed by atoms with E-state index in [9.17, 15) is 9.59 Å². The van der Waals surface area contributed by atoms with E-state index >= 15 is 0 Å². The first kappa shape index (κ1) is 18.5. The van der Waals surface area contributed by atoms with Crippen molar-refractivity contribution in [3.05, 3.63) is 24.3 Å². The van der Waals surface area contributed by atoms with Crippen LogP contribution < -0.4 is 9.47 Å². The fourth-order valence-electron chi connectivity index (χ4n) is 3.60. The highest BCUT2D eigenvalue weighted by molar-refractivity contribution is 5.86. The van der Waals surface area contributed by atoms with Crippen LogP contribution in [0.15, 0.2) is 24.3 Å². The van der Waals surface area contributed by atoms with Crippen molar-refractivity contribution >= 4 is 11.8 Å². The van der Waals surface area contributed by atoms with E-state index in [4.69, 9.17) is 9.47 Å². The molecule has 26 heavy (non-hydrogen) atoms. The van der Waals surface area contributed by atoms with E-state index in [-0.39, 0.29) is 24.4 Å². The molecule has 6 heteroatoms. The van der Waals surface area contributed by atoms with Crippen LogP contribution in [0.4, 0.5) is 0 Å². The molecule has 0 saturated carbocycles. The molecule has 2 saturated heterocycles. The molecule has 2 fully saturated rings. The molecule has 142 valence electrons. The minimum absolute atomic E-state index is 0.0709. The van der Waals surface area contributed by atoms with Gasteiger partial charge in [0.2, 0.25) is 11.8 Å². The van der Waals surface area contributed by atoms with E-state index in [0.29, 0.717) is 18.9 Å². The molecular formula is C20H28N2O4. The van der Waals surface area contributed by atoms with Crippen LogP contribution >= 0.6 is 0 Å². The van der Waals surface area contributed by atoms with Crippen molar-refractivity contribution in [1.29, 1.82) is 0 Å². The lowest BCUT2D eigenvalue weighted by Gasteiger charge is -2.33. The fourth-order valence-corrected chi connectivity index (χ4v) is 3.60. The standard InChI is InChI=1S/C20H28N2O4/c1-15-3-8-19(23)22(15)13-20(24)21-11-9-16(10-12-21)14-26-18-6-4-17(25-2)5-7-18/h4-7,15-16H,3,8-14H2,1-2H3/t15-/m0/s1. The molecule has 3 rings (SSSR count). The van der Waals surface area contributed by atoms with Gasteiger partial charge in [-0.15, -0.1) is 0 Å². The highest BCUT2D eigenvalue weighted by Crippen LogP contribution is 2.23. The van der Waals surface area contributed by atoms with E-state index in [1.807, 2.05) is 36.1 Å². The van der Waals surface area contributed by atoms with Gasteiger partial charge in [-0.3, -0.25) is 9.59 Å². The lowest BCUT2D eigenvalue weighted by atomic mass is 9.97. The number of hydrogen-bond acceptors (Lipinski definition) is 4. The Balaban J connectivity index is 1.40. The fraction of sp³-hybridized carbons (Fsp3) is 0.600. The van der Waals surface area contributed by atoms with Crippen molar-refractivity contribution in [2.75, 3.05) is 33.4 Å². The van der Waals surface area contributed by atoms with Gasteiger partial charge in [-0.05, 0) is 56.4 Å². The topological polar surface area (TPSA) is 59.1 Å². The summed E-state index contributed by atoms with van der Waals surface area (Å²) in [6.07, 6.45) is 3.30. The summed E-state index contributed by atoms with van der Waals surface area (Å²) in [5, 5.41) is 0. The van der Waals surface area contributed by atoms with Crippen molar-refractivity contribution in [2.24, 2.45) is 5.92 Å². The third-order valence-corrected chi connectivity index (χ3v) is 5.45. The average Bonchev–Trinajstić information content (AvgIpc) is 2.99. The van der Waals surface area contributed by atoms with E-state index < -0.39 is 0 Å². The first-order valence-corrected chi connectivity index (χ1v) is 9.41. The summed E-state index contributed by atoms with van der Waals surface area (Å²) < 4.78 is 11.0. The molecular weight excluding hydrogens is 332 g/mol. The van der Waals surface area contributed by atoms with Gasteiger partial charge in [0.25, 0.3) is 0 Å². The van der Waals surface area contributed by atoms with Crippen LogP contribution in [0.2, 0.25) is 0 Å². The number of likely N-dealkylation sites (tertiary alicyclic amines) is 2. The Morgan fingerprint density at radius 1 is 1.12 bits per heavy atom. The number of hydrogen-bond donors (Lipinski definition) is 0. The number of rotatable bonds is 6. The summed E-state index contributed by atoms with van der Waals surface area (Å²) in [5.41, 5.74) is 0. The van der Waals surface area contributed by atoms with Gasteiger partial charge in [0.1, 0.15) is 11.5 Å². The predicted molar refractivity (Wildman–Crippen MR) is 98.2 cm³/mol. The Kier molecular flexibility index (Phi) is 6.01. The normalized spacial score (nSPS) is 21.2. The molecule has 2 aliphatic heterocycles. The summed E-state index contributed by atoms with van der Waals surface area (Å²) in [7, 11) is 1.64. The van der Waals surface area contributed by atoms with E-state index in [1.165, 1.54) is 0 Å². The zero-order valence-corrected chi connectivity index (χ0v) is 15.6. The van der Waals surface area contributed by atoms with Crippen molar-refractivity contribution in [3.63, 3.8) is 0 Å². The lowest BCUT2D eigenvalue weighted by Crippen LogP contribution is -2.46. The van der Waals surface area contributed by atoms with Crippen LogP contribution in [0, 0.1) is 5.92 Å². The van der Waals surface area contributed by atoms with Gasteiger partial charge in [-0.1, -0.05) is 0 Å². The third-order valence-electron chi connectivity index (χ3n) is 5.45. The molecule has 0 aliphatic carbocycles. The predicted octanol–water partition coefficient (Wildman–Crippen LogP) is 2.32. The van der Waals surface area contributed by atoms with Crippen molar-refractivity contribution in [3.8, 4) is 11.5 Å². The maximum Gasteiger partial charge on any atom is 0.242 e. The summed E-state index contributed by atoms with van der Waals surface area (Å²) in [6.45, 7) is 4.39. The van der Waals surface area contributed by atoms with Crippen LogP contribution in [0.3, 0.4) is 0 Å². The number of piperidine rings is 1. The first-order chi connectivity index (χ1) is 12.6. The largest absolute Gasteiger partial charge is 0.497 e. The Hall–Kier alpha value is -2.24. The molecule has 1 atom stereocenters. The van der Waals surface area contributed by atoms with Gasteiger partial charge in [0.15, 0.2) is 0 Å². The number of nitrogens with zero attached hydrogens (tertiary/aromatic N) is 2. The summed E-state index contributed by atoms with van der Waals surface area (Å²) >= 11 is 0. The molecule has 0 bridgehead atoms. The summed E-state index contributed by atoms with van der Waals surface area (Å²) in [4.78, 5) is 27.9. The number of carbonyl (C=O) groups excluding carboxylic acids is 2. The maximum atomic E-state index is 12.5. The Morgan fingerprint density at radius 3 is 2.35 bits per heavy atom. The van der Waals surface area contributed by atoms with Crippen molar-refractivity contribution in [1.82, 2.24) is 9.80 Å². The quantitative estimate of drug-likeness (QED) is 0.781. The minimum Gasteiger partial charge on any atom is -0.497 e. The van der Waals surface area contributed by atoms with Gasteiger partial charge in [-0.2, -0.15) is 0 Å². The molecule has 2 heterocycles. The van der Waals surface area contributed by atoms with Crippen LogP contribution in [-0.2, 0) is 9.59 Å². The van der Waals surface area contributed by atoms with E-state index in [0.717, 1.165) is 43.9 Å². The number of amides is 2. The average molecular weight is 360 g/mol.